The Morgan fingerprint density at radius 3 is 2.61 bits per heavy atom. The number of hydrogen-bond donors (Lipinski definition) is 1. The largest absolute Gasteiger partial charge is 0.433 e. The van der Waals surface area contributed by atoms with E-state index in [4.69, 9.17) is 0 Å². The molecule has 1 N–H and O–H groups in total. The van der Waals surface area contributed by atoms with Crippen LogP contribution in [-0.4, -0.2) is 24.8 Å². The number of ether oxygens (including phenoxy) is 1. The first-order valence-electron chi connectivity index (χ1n) is 6.85. The first kappa shape index (κ1) is 17.2. The van der Waals surface area contributed by atoms with Crippen LogP contribution in [-0.2, 0) is 16.6 Å². The fourth-order valence-electron chi connectivity index (χ4n) is 2.13. The highest BCUT2D eigenvalue weighted by Crippen LogP contribution is 2.30. The number of sulfonamides is 1. The highest BCUT2D eigenvalue weighted by atomic mass is 32.2. The third-order valence-corrected chi connectivity index (χ3v) is 4.71. The average molecular weight is 345 g/mol. The lowest BCUT2D eigenvalue weighted by Crippen LogP contribution is -2.16. The van der Waals surface area contributed by atoms with Crippen LogP contribution in [0, 0.1) is 13.8 Å². The van der Waals surface area contributed by atoms with Crippen molar-refractivity contribution in [1.29, 1.82) is 0 Å². The number of anilines is 1. The molecule has 0 aliphatic rings. The Morgan fingerprint density at radius 1 is 1.35 bits per heavy atom. The molecule has 0 saturated heterocycles. The predicted molar refractivity (Wildman–Crippen MR) is 81.3 cm³/mol. The molecule has 0 amide bonds. The molecule has 2 rings (SSSR count). The number of hydrogen-bond acceptors (Lipinski definition) is 4. The second kappa shape index (κ2) is 6.53. The average Bonchev–Trinajstić information content (AvgIpc) is 2.83. The van der Waals surface area contributed by atoms with Gasteiger partial charge in [0.1, 0.15) is 10.6 Å². The first-order valence-corrected chi connectivity index (χ1v) is 8.33. The number of aryl methyl sites for hydroxylation is 2. The van der Waals surface area contributed by atoms with Crippen LogP contribution in [0.15, 0.2) is 29.3 Å². The van der Waals surface area contributed by atoms with E-state index < -0.39 is 16.6 Å². The molecule has 23 heavy (non-hydrogen) atoms. The van der Waals surface area contributed by atoms with E-state index in [1.165, 1.54) is 23.0 Å². The van der Waals surface area contributed by atoms with Gasteiger partial charge in [0.15, 0.2) is 0 Å². The predicted octanol–water partition coefficient (Wildman–Crippen LogP) is 2.92. The number of alkyl halides is 2. The van der Waals surface area contributed by atoms with Crippen LogP contribution >= 0.6 is 0 Å². The molecule has 0 saturated carbocycles. The molecule has 1 aromatic carbocycles. The molecule has 1 heterocycles. The second-order valence-corrected chi connectivity index (χ2v) is 6.54. The molecule has 9 heteroatoms. The summed E-state index contributed by atoms with van der Waals surface area (Å²) in [5.41, 5.74) is 1.11. The van der Waals surface area contributed by atoms with Gasteiger partial charge in [-0.2, -0.15) is 13.9 Å². The van der Waals surface area contributed by atoms with E-state index in [9.17, 15) is 17.2 Å². The molecule has 0 atom stereocenters. The van der Waals surface area contributed by atoms with E-state index in [2.05, 4.69) is 14.6 Å². The molecule has 0 aliphatic carbocycles. The summed E-state index contributed by atoms with van der Waals surface area (Å²) in [6, 6.07) is 4.27. The van der Waals surface area contributed by atoms with Crippen molar-refractivity contribution in [1.82, 2.24) is 9.78 Å². The summed E-state index contributed by atoms with van der Waals surface area (Å²) in [5.74, 6) is -0.241. The van der Waals surface area contributed by atoms with Crippen molar-refractivity contribution in [3.63, 3.8) is 0 Å². The van der Waals surface area contributed by atoms with Gasteiger partial charge in [0.25, 0.3) is 10.0 Å². The zero-order chi connectivity index (χ0) is 17.2. The standard InChI is InChI=1S/C14H17F2N3O3S/c1-4-19-10(3)13(8-17-19)23(20,21)18-11-7-9(2)5-6-12(11)22-14(15)16/h5-8,14,18H,4H2,1-3H3. The summed E-state index contributed by atoms with van der Waals surface area (Å²) >= 11 is 0. The van der Waals surface area contributed by atoms with E-state index in [0.717, 1.165) is 0 Å². The van der Waals surface area contributed by atoms with Crippen LogP contribution in [0.3, 0.4) is 0 Å². The van der Waals surface area contributed by atoms with Gasteiger partial charge in [-0.15, -0.1) is 0 Å². The summed E-state index contributed by atoms with van der Waals surface area (Å²) in [6.45, 7) is 2.64. The monoisotopic (exact) mass is 345 g/mol. The molecule has 0 unspecified atom stereocenters. The quantitative estimate of drug-likeness (QED) is 0.874. The van der Waals surface area contributed by atoms with Crippen LogP contribution in [0.5, 0.6) is 5.75 Å². The molecule has 1 aromatic heterocycles. The Balaban J connectivity index is 2.40. The van der Waals surface area contributed by atoms with Crippen molar-refractivity contribution in [2.75, 3.05) is 4.72 Å². The minimum absolute atomic E-state index is 0.0103. The molecule has 0 radical (unpaired) electrons. The fourth-order valence-corrected chi connectivity index (χ4v) is 3.37. The lowest BCUT2D eigenvalue weighted by molar-refractivity contribution is -0.0493. The lowest BCUT2D eigenvalue weighted by atomic mass is 10.2. The van der Waals surface area contributed by atoms with E-state index in [0.29, 0.717) is 17.8 Å². The molecular weight excluding hydrogens is 328 g/mol. The first-order chi connectivity index (χ1) is 10.7. The zero-order valence-corrected chi connectivity index (χ0v) is 13.7. The van der Waals surface area contributed by atoms with Crippen LogP contribution in [0.25, 0.3) is 0 Å². The Kier molecular flexibility index (Phi) is 4.88. The molecule has 6 nitrogen and oxygen atoms in total. The smallest absolute Gasteiger partial charge is 0.387 e. The number of halogens is 2. The van der Waals surface area contributed by atoms with E-state index in [-0.39, 0.29) is 16.3 Å². The lowest BCUT2D eigenvalue weighted by Gasteiger charge is -2.13. The van der Waals surface area contributed by atoms with Crippen LogP contribution in [0.2, 0.25) is 0 Å². The number of nitrogens with one attached hydrogen (secondary N) is 1. The number of rotatable bonds is 6. The molecule has 0 bridgehead atoms. The summed E-state index contributed by atoms with van der Waals surface area (Å²) in [6.07, 6.45) is 1.23. The summed E-state index contributed by atoms with van der Waals surface area (Å²) in [4.78, 5) is -0.0103. The third-order valence-electron chi connectivity index (χ3n) is 3.24. The van der Waals surface area contributed by atoms with Crippen molar-refractivity contribution in [3.8, 4) is 5.75 Å². The molecule has 0 fully saturated rings. The topological polar surface area (TPSA) is 73.2 Å². The van der Waals surface area contributed by atoms with Gasteiger partial charge < -0.3 is 4.74 Å². The number of aromatic nitrogens is 2. The summed E-state index contributed by atoms with van der Waals surface area (Å²) in [7, 11) is -3.97. The molecule has 0 aliphatic heterocycles. The summed E-state index contributed by atoms with van der Waals surface area (Å²) in [5, 5.41) is 3.98. The molecule has 0 spiro atoms. The van der Waals surface area contributed by atoms with Crippen molar-refractivity contribution in [2.45, 2.75) is 38.8 Å². The zero-order valence-electron chi connectivity index (χ0n) is 12.9. The minimum Gasteiger partial charge on any atom is -0.433 e. The van der Waals surface area contributed by atoms with E-state index >= 15 is 0 Å². The van der Waals surface area contributed by atoms with E-state index in [1.54, 1.807) is 19.9 Å². The fraction of sp³-hybridized carbons (Fsp3) is 0.357. The van der Waals surface area contributed by atoms with Gasteiger partial charge in [-0.25, -0.2) is 8.42 Å². The van der Waals surface area contributed by atoms with Gasteiger partial charge in [0, 0.05) is 6.54 Å². The second-order valence-electron chi connectivity index (χ2n) is 4.89. The van der Waals surface area contributed by atoms with Crippen molar-refractivity contribution in [2.24, 2.45) is 0 Å². The van der Waals surface area contributed by atoms with Gasteiger partial charge in [-0.3, -0.25) is 9.40 Å². The Hall–Kier alpha value is -2.16. The van der Waals surface area contributed by atoms with Crippen molar-refractivity contribution in [3.05, 3.63) is 35.7 Å². The van der Waals surface area contributed by atoms with Gasteiger partial charge in [0.2, 0.25) is 0 Å². The molecule has 2 aromatic rings. The third kappa shape index (κ3) is 3.79. The van der Waals surface area contributed by atoms with E-state index in [1.807, 2.05) is 6.92 Å². The van der Waals surface area contributed by atoms with Crippen LogP contribution in [0.4, 0.5) is 14.5 Å². The maximum atomic E-state index is 12.5. The minimum atomic E-state index is -3.97. The SMILES string of the molecule is CCn1ncc(S(=O)(=O)Nc2cc(C)ccc2OC(F)F)c1C. The Morgan fingerprint density at radius 2 is 2.04 bits per heavy atom. The van der Waals surface area contributed by atoms with Crippen molar-refractivity contribution >= 4 is 15.7 Å². The summed E-state index contributed by atoms with van der Waals surface area (Å²) < 4.78 is 58.1. The number of benzene rings is 1. The Bertz CT molecular complexity index is 804. The van der Waals surface area contributed by atoms with Crippen LogP contribution < -0.4 is 9.46 Å². The molecular formula is C14H17F2N3O3S. The van der Waals surface area contributed by atoms with Gasteiger partial charge >= 0.3 is 6.61 Å². The number of nitrogens with zero attached hydrogens (tertiary/aromatic N) is 2. The Labute approximate surface area is 133 Å². The molecule has 126 valence electrons. The van der Waals surface area contributed by atoms with Gasteiger partial charge in [-0.1, -0.05) is 6.07 Å². The van der Waals surface area contributed by atoms with Gasteiger partial charge in [-0.05, 0) is 38.5 Å². The normalized spacial score (nSPS) is 11.7. The van der Waals surface area contributed by atoms with Crippen molar-refractivity contribution < 1.29 is 21.9 Å². The highest BCUT2D eigenvalue weighted by molar-refractivity contribution is 7.92. The van der Waals surface area contributed by atoms with Gasteiger partial charge in [0.05, 0.1) is 17.6 Å². The maximum absolute atomic E-state index is 12.5. The maximum Gasteiger partial charge on any atom is 0.387 e. The highest BCUT2D eigenvalue weighted by Gasteiger charge is 2.22. The van der Waals surface area contributed by atoms with Crippen LogP contribution in [0.1, 0.15) is 18.2 Å².